The van der Waals surface area contributed by atoms with Gasteiger partial charge >= 0.3 is 6.61 Å². The SMILES string of the molecule is N#Cc1ccc2nc(COCC3CCOC3)n(Cc3ccccc3OC(F)F)c2c1. The van der Waals surface area contributed by atoms with Gasteiger partial charge in [-0.25, -0.2) is 4.98 Å². The van der Waals surface area contributed by atoms with Crippen molar-refractivity contribution >= 4 is 11.0 Å². The highest BCUT2D eigenvalue weighted by molar-refractivity contribution is 5.78. The summed E-state index contributed by atoms with van der Waals surface area (Å²) >= 11 is 0. The Hall–Kier alpha value is -3.02. The summed E-state index contributed by atoms with van der Waals surface area (Å²) in [5.41, 5.74) is 2.54. The van der Waals surface area contributed by atoms with Crippen molar-refractivity contribution in [3.05, 3.63) is 59.4 Å². The molecule has 1 aliphatic heterocycles. The average molecular weight is 413 g/mol. The van der Waals surface area contributed by atoms with Gasteiger partial charge in [0.25, 0.3) is 0 Å². The molecule has 156 valence electrons. The maximum Gasteiger partial charge on any atom is 0.387 e. The zero-order valence-corrected chi connectivity index (χ0v) is 16.3. The van der Waals surface area contributed by atoms with Crippen LogP contribution in [0.5, 0.6) is 5.75 Å². The number of nitrogens with zero attached hydrogens (tertiary/aromatic N) is 3. The van der Waals surface area contributed by atoms with E-state index >= 15 is 0 Å². The Morgan fingerprint density at radius 3 is 2.90 bits per heavy atom. The number of imidazole rings is 1. The van der Waals surface area contributed by atoms with E-state index in [1.165, 1.54) is 6.07 Å². The zero-order chi connectivity index (χ0) is 20.9. The van der Waals surface area contributed by atoms with Gasteiger partial charge in [-0.1, -0.05) is 18.2 Å². The van der Waals surface area contributed by atoms with Crippen LogP contribution in [0, 0.1) is 17.2 Å². The zero-order valence-electron chi connectivity index (χ0n) is 16.3. The number of benzene rings is 2. The average Bonchev–Trinajstić information content (AvgIpc) is 3.37. The maximum atomic E-state index is 12.8. The Morgan fingerprint density at radius 1 is 1.27 bits per heavy atom. The van der Waals surface area contributed by atoms with Gasteiger partial charge in [-0.2, -0.15) is 14.0 Å². The van der Waals surface area contributed by atoms with Crippen LogP contribution in [0.2, 0.25) is 0 Å². The molecule has 2 heterocycles. The Morgan fingerprint density at radius 2 is 2.13 bits per heavy atom. The normalized spacial score (nSPS) is 16.3. The van der Waals surface area contributed by atoms with Crippen molar-refractivity contribution in [2.45, 2.75) is 26.2 Å². The summed E-state index contributed by atoms with van der Waals surface area (Å²) in [7, 11) is 0. The number of hydrogen-bond donors (Lipinski definition) is 0. The molecule has 4 rings (SSSR count). The highest BCUT2D eigenvalue weighted by Crippen LogP contribution is 2.26. The molecule has 0 N–H and O–H groups in total. The van der Waals surface area contributed by atoms with E-state index in [2.05, 4.69) is 15.8 Å². The van der Waals surface area contributed by atoms with Crippen LogP contribution in [-0.2, 0) is 22.6 Å². The number of nitriles is 1. The standard InChI is InChI=1S/C22H21F2N3O3/c23-22(24)30-20-4-2-1-3-17(20)11-27-19-9-15(10-25)5-6-18(19)26-21(27)14-29-13-16-7-8-28-12-16/h1-6,9,16,22H,7-8,11-14H2. The third kappa shape index (κ3) is 4.58. The lowest BCUT2D eigenvalue weighted by atomic mass is 10.1. The Bertz CT molecular complexity index is 1060. The number of fused-ring (bicyclic) bond motifs is 1. The van der Waals surface area contributed by atoms with Crippen molar-refractivity contribution in [3.63, 3.8) is 0 Å². The second kappa shape index (κ2) is 9.20. The molecular formula is C22H21F2N3O3. The molecule has 0 amide bonds. The molecule has 1 atom stereocenters. The van der Waals surface area contributed by atoms with Crippen molar-refractivity contribution in [3.8, 4) is 11.8 Å². The largest absolute Gasteiger partial charge is 0.434 e. The summed E-state index contributed by atoms with van der Waals surface area (Å²) in [5.74, 6) is 1.14. The van der Waals surface area contributed by atoms with Crippen molar-refractivity contribution < 1.29 is 23.0 Å². The van der Waals surface area contributed by atoms with E-state index in [1.54, 1.807) is 36.4 Å². The molecule has 0 spiro atoms. The van der Waals surface area contributed by atoms with Gasteiger partial charge in [0, 0.05) is 18.1 Å². The molecule has 1 unspecified atom stereocenters. The van der Waals surface area contributed by atoms with Crippen LogP contribution >= 0.6 is 0 Å². The van der Waals surface area contributed by atoms with Crippen LogP contribution in [0.3, 0.4) is 0 Å². The van der Waals surface area contributed by atoms with Crippen LogP contribution in [0.15, 0.2) is 42.5 Å². The summed E-state index contributed by atoms with van der Waals surface area (Å²) in [4.78, 5) is 4.65. The van der Waals surface area contributed by atoms with Crippen LogP contribution in [0.4, 0.5) is 8.78 Å². The number of alkyl halides is 2. The van der Waals surface area contributed by atoms with Crippen LogP contribution in [-0.4, -0.2) is 36.0 Å². The number of ether oxygens (including phenoxy) is 3. The van der Waals surface area contributed by atoms with Crippen LogP contribution in [0.1, 0.15) is 23.4 Å². The summed E-state index contributed by atoms with van der Waals surface area (Å²) in [6, 6.07) is 14.0. The smallest absolute Gasteiger partial charge is 0.387 e. The quantitative estimate of drug-likeness (QED) is 0.556. The predicted octanol–water partition coefficient (Wildman–Crippen LogP) is 4.11. The molecule has 1 fully saturated rings. The van der Waals surface area contributed by atoms with Crippen molar-refractivity contribution in [1.82, 2.24) is 9.55 Å². The molecule has 1 aliphatic rings. The van der Waals surface area contributed by atoms with Gasteiger partial charge in [0.15, 0.2) is 0 Å². The van der Waals surface area contributed by atoms with Crippen molar-refractivity contribution in [1.29, 1.82) is 5.26 Å². The lowest BCUT2D eigenvalue weighted by Gasteiger charge is -2.14. The number of rotatable bonds is 8. The first-order chi connectivity index (χ1) is 14.6. The summed E-state index contributed by atoms with van der Waals surface area (Å²) < 4.78 is 43.5. The third-order valence-electron chi connectivity index (χ3n) is 5.08. The van der Waals surface area contributed by atoms with Gasteiger partial charge in [-0.3, -0.25) is 0 Å². The van der Waals surface area contributed by atoms with Crippen LogP contribution < -0.4 is 4.74 Å². The molecule has 0 radical (unpaired) electrons. The lowest BCUT2D eigenvalue weighted by Crippen LogP contribution is -2.13. The molecule has 8 heteroatoms. The Balaban J connectivity index is 1.64. The molecule has 6 nitrogen and oxygen atoms in total. The van der Waals surface area contributed by atoms with E-state index in [4.69, 9.17) is 9.47 Å². The highest BCUT2D eigenvalue weighted by atomic mass is 19.3. The molecule has 0 bridgehead atoms. The summed E-state index contributed by atoms with van der Waals surface area (Å²) in [5, 5.41) is 9.27. The second-order valence-corrected chi connectivity index (χ2v) is 7.16. The van der Waals surface area contributed by atoms with E-state index in [0.717, 1.165) is 18.5 Å². The van der Waals surface area contributed by atoms with E-state index in [0.29, 0.717) is 41.6 Å². The minimum Gasteiger partial charge on any atom is -0.434 e. The first kappa shape index (κ1) is 20.3. The first-order valence-corrected chi connectivity index (χ1v) is 9.71. The fourth-order valence-corrected chi connectivity index (χ4v) is 3.58. The number of halogens is 2. The maximum absolute atomic E-state index is 12.8. The van der Waals surface area contributed by atoms with Gasteiger partial charge in [-0.05, 0) is 30.7 Å². The predicted molar refractivity (Wildman–Crippen MR) is 105 cm³/mol. The molecule has 3 aromatic rings. The van der Waals surface area contributed by atoms with Crippen molar-refractivity contribution in [2.24, 2.45) is 5.92 Å². The topological polar surface area (TPSA) is 69.3 Å². The summed E-state index contributed by atoms with van der Waals surface area (Å²) in [6.07, 6.45) is 0.973. The Labute approximate surface area is 172 Å². The fourth-order valence-electron chi connectivity index (χ4n) is 3.58. The second-order valence-electron chi connectivity index (χ2n) is 7.16. The molecule has 1 saturated heterocycles. The van der Waals surface area contributed by atoms with E-state index in [9.17, 15) is 14.0 Å². The van der Waals surface area contributed by atoms with Crippen LogP contribution in [0.25, 0.3) is 11.0 Å². The molecule has 2 aromatic carbocycles. The molecule has 0 aliphatic carbocycles. The minimum absolute atomic E-state index is 0.112. The molecule has 30 heavy (non-hydrogen) atoms. The molecule has 1 aromatic heterocycles. The van der Waals surface area contributed by atoms with Gasteiger partial charge in [0.05, 0.1) is 42.4 Å². The molecular weight excluding hydrogens is 392 g/mol. The van der Waals surface area contributed by atoms with E-state index in [-0.39, 0.29) is 18.9 Å². The molecule has 0 saturated carbocycles. The third-order valence-corrected chi connectivity index (χ3v) is 5.08. The van der Waals surface area contributed by atoms with Gasteiger partial charge in [-0.15, -0.1) is 0 Å². The van der Waals surface area contributed by atoms with Gasteiger partial charge in [0.1, 0.15) is 18.2 Å². The minimum atomic E-state index is -2.91. The lowest BCUT2D eigenvalue weighted by molar-refractivity contribution is -0.0504. The first-order valence-electron chi connectivity index (χ1n) is 9.71. The number of hydrogen-bond acceptors (Lipinski definition) is 5. The van der Waals surface area contributed by atoms with Gasteiger partial charge < -0.3 is 18.8 Å². The summed E-state index contributed by atoms with van der Waals surface area (Å²) in [6.45, 7) is -0.361. The number of para-hydroxylation sites is 1. The fraction of sp³-hybridized carbons (Fsp3) is 0.364. The van der Waals surface area contributed by atoms with E-state index in [1.807, 2.05) is 4.57 Å². The van der Waals surface area contributed by atoms with Crippen molar-refractivity contribution in [2.75, 3.05) is 19.8 Å². The van der Waals surface area contributed by atoms with Gasteiger partial charge in [0.2, 0.25) is 0 Å². The monoisotopic (exact) mass is 413 g/mol. The highest BCUT2D eigenvalue weighted by Gasteiger charge is 2.18. The van der Waals surface area contributed by atoms with E-state index < -0.39 is 6.61 Å². The number of aromatic nitrogens is 2. The Kier molecular flexibility index (Phi) is 6.21.